The number of nitrogens with one attached hydrogen (secondary N) is 1. The van der Waals surface area contributed by atoms with E-state index in [1.54, 1.807) is 0 Å². The summed E-state index contributed by atoms with van der Waals surface area (Å²) in [6.45, 7) is 1.33. The number of amides is 1. The lowest BCUT2D eigenvalue weighted by Gasteiger charge is -2.27. The Morgan fingerprint density at radius 3 is 2.71 bits per heavy atom. The van der Waals surface area contributed by atoms with Gasteiger partial charge in [-0.15, -0.1) is 0 Å². The van der Waals surface area contributed by atoms with Gasteiger partial charge in [-0.2, -0.15) is 0 Å². The highest BCUT2D eigenvalue weighted by Gasteiger charge is 2.19. The molecule has 1 atom stereocenters. The molecule has 108 valence electrons. The Morgan fingerprint density at radius 1 is 1.19 bits per heavy atom. The number of anilines is 1. The molecule has 4 nitrogen and oxygen atoms in total. The molecule has 1 unspecified atom stereocenters. The van der Waals surface area contributed by atoms with Crippen molar-refractivity contribution in [3.05, 3.63) is 65.2 Å². The molecule has 0 bridgehead atoms. The Hall–Kier alpha value is -2.33. The van der Waals surface area contributed by atoms with Gasteiger partial charge in [0, 0.05) is 5.69 Å². The molecule has 3 rings (SSSR count). The molecule has 0 saturated carbocycles. The minimum absolute atomic E-state index is 0.150. The first-order valence-electron chi connectivity index (χ1n) is 7.02. The molecule has 0 fully saturated rings. The zero-order valence-electron chi connectivity index (χ0n) is 11.7. The third-order valence-corrected chi connectivity index (χ3v) is 3.65. The largest absolute Gasteiger partial charge is 0.376 e. The number of nitrogens with two attached hydrogens (primary N) is 1. The second-order valence-electron chi connectivity index (χ2n) is 5.25. The first kappa shape index (κ1) is 13.6. The summed E-state index contributed by atoms with van der Waals surface area (Å²) in [6.07, 6.45) is 0.273. The highest BCUT2D eigenvalue weighted by molar-refractivity contribution is 5.76. The van der Waals surface area contributed by atoms with Gasteiger partial charge in [0.05, 0.1) is 25.7 Å². The zero-order chi connectivity index (χ0) is 14.7. The van der Waals surface area contributed by atoms with Crippen LogP contribution in [-0.2, 0) is 22.6 Å². The lowest BCUT2D eigenvalue weighted by molar-refractivity contribution is -0.117. The molecule has 21 heavy (non-hydrogen) atoms. The lowest BCUT2D eigenvalue weighted by atomic mass is 9.99. The van der Waals surface area contributed by atoms with Crippen LogP contribution in [0.2, 0.25) is 0 Å². The van der Waals surface area contributed by atoms with E-state index < -0.39 is 0 Å². The summed E-state index contributed by atoms with van der Waals surface area (Å²) in [5.74, 6) is -0.315. The molecule has 0 radical (unpaired) electrons. The molecule has 3 N–H and O–H groups in total. The highest BCUT2D eigenvalue weighted by atomic mass is 16.5. The summed E-state index contributed by atoms with van der Waals surface area (Å²) >= 11 is 0. The van der Waals surface area contributed by atoms with Crippen molar-refractivity contribution in [3.63, 3.8) is 0 Å². The van der Waals surface area contributed by atoms with E-state index in [1.165, 1.54) is 11.1 Å². The molecular formula is C17H18N2O2. The quantitative estimate of drug-likeness (QED) is 0.905. The van der Waals surface area contributed by atoms with Crippen LogP contribution in [0.4, 0.5) is 5.69 Å². The molecule has 1 heterocycles. The molecule has 0 saturated heterocycles. The number of fused-ring (bicyclic) bond motifs is 1. The summed E-state index contributed by atoms with van der Waals surface area (Å²) < 4.78 is 5.63. The van der Waals surface area contributed by atoms with Gasteiger partial charge in [0.25, 0.3) is 0 Å². The average Bonchev–Trinajstić information content (AvgIpc) is 2.49. The molecule has 1 aliphatic heterocycles. The summed E-state index contributed by atoms with van der Waals surface area (Å²) in [5, 5.41) is 3.48. The van der Waals surface area contributed by atoms with Crippen molar-refractivity contribution in [1.29, 1.82) is 0 Å². The highest BCUT2D eigenvalue weighted by Crippen LogP contribution is 2.27. The Labute approximate surface area is 123 Å². The fourth-order valence-electron chi connectivity index (χ4n) is 2.62. The van der Waals surface area contributed by atoms with Crippen molar-refractivity contribution in [2.24, 2.45) is 5.73 Å². The van der Waals surface area contributed by atoms with E-state index in [1.807, 2.05) is 30.3 Å². The van der Waals surface area contributed by atoms with E-state index in [2.05, 4.69) is 23.5 Å². The van der Waals surface area contributed by atoms with Crippen LogP contribution >= 0.6 is 0 Å². The standard InChI is InChI=1S/C17H18N2O2/c18-17(20)9-12-5-7-14(8-6-12)19-16-11-21-10-13-3-1-2-4-15(13)16/h1-8,16,19H,9-11H2,(H2,18,20). The third-order valence-electron chi connectivity index (χ3n) is 3.65. The monoisotopic (exact) mass is 282 g/mol. The van der Waals surface area contributed by atoms with Crippen LogP contribution in [0.1, 0.15) is 22.7 Å². The number of carbonyl (C=O) groups excluding carboxylic acids is 1. The molecular weight excluding hydrogens is 264 g/mol. The summed E-state index contributed by atoms with van der Waals surface area (Å²) in [4.78, 5) is 10.9. The Morgan fingerprint density at radius 2 is 1.95 bits per heavy atom. The van der Waals surface area contributed by atoms with Crippen molar-refractivity contribution in [2.75, 3.05) is 11.9 Å². The first-order chi connectivity index (χ1) is 10.2. The van der Waals surface area contributed by atoms with Gasteiger partial charge in [0.1, 0.15) is 0 Å². The number of ether oxygens (including phenoxy) is 1. The van der Waals surface area contributed by atoms with Crippen LogP contribution in [0, 0.1) is 0 Å². The summed E-state index contributed by atoms with van der Waals surface area (Å²) in [6, 6.07) is 16.2. The predicted octanol–water partition coefficient (Wildman–Crippen LogP) is 2.40. The topological polar surface area (TPSA) is 64.4 Å². The van der Waals surface area contributed by atoms with Gasteiger partial charge in [-0.05, 0) is 28.8 Å². The van der Waals surface area contributed by atoms with Crippen LogP contribution in [0.15, 0.2) is 48.5 Å². The number of hydrogen-bond acceptors (Lipinski definition) is 3. The average molecular weight is 282 g/mol. The van der Waals surface area contributed by atoms with E-state index in [0.29, 0.717) is 13.2 Å². The van der Waals surface area contributed by atoms with Gasteiger partial charge >= 0.3 is 0 Å². The first-order valence-corrected chi connectivity index (χ1v) is 7.02. The molecule has 1 amide bonds. The third kappa shape index (κ3) is 3.23. The second kappa shape index (κ2) is 5.97. The number of rotatable bonds is 4. The number of hydrogen-bond donors (Lipinski definition) is 2. The van der Waals surface area contributed by atoms with E-state index in [9.17, 15) is 4.79 Å². The van der Waals surface area contributed by atoms with Gasteiger partial charge in [0.2, 0.25) is 5.91 Å². The van der Waals surface area contributed by atoms with Crippen LogP contribution in [-0.4, -0.2) is 12.5 Å². The summed E-state index contributed by atoms with van der Waals surface area (Å²) in [5.41, 5.74) is 9.64. The van der Waals surface area contributed by atoms with Gasteiger partial charge in [-0.1, -0.05) is 36.4 Å². The van der Waals surface area contributed by atoms with E-state index in [4.69, 9.17) is 10.5 Å². The minimum atomic E-state index is -0.315. The van der Waals surface area contributed by atoms with Crippen molar-refractivity contribution >= 4 is 11.6 Å². The second-order valence-corrected chi connectivity index (χ2v) is 5.25. The SMILES string of the molecule is NC(=O)Cc1ccc(NC2COCc3ccccc32)cc1. The molecule has 0 aromatic heterocycles. The van der Waals surface area contributed by atoms with Gasteiger partial charge in [-0.25, -0.2) is 0 Å². The van der Waals surface area contributed by atoms with E-state index >= 15 is 0 Å². The van der Waals surface area contributed by atoms with Gasteiger partial charge in [0.15, 0.2) is 0 Å². The number of carbonyl (C=O) groups is 1. The summed E-state index contributed by atoms with van der Waals surface area (Å²) in [7, 11) is 0. The molecule has 1 aliphatic rings. The van der Waals surface area contributed by atoms with Crippen LogP contribution < -0.4 is 11.1 Å². The lowest BCUT2D eigenvalue weighted by Crippen LogP contribution is -2.23. The van der Waals surface area contributed by atoms with Crippen molar-refractivity contribution in [1.82, 2.24) is 0 Å². The number of benzene rings is 2. The molecule has 4 heteroatoms. The van der Waals surface area contributed by atoms with E-state index in [-0.39, 0.29) is 18.4 Å². The number of primary amides is 1. The molecule has 2 aromatic carbocycles. The van der Waals surface area contributed by atoms with Gasteiger partial charge < -0.3 is 15.8 Å². The maximum absolute atomic E-state index is 10.9. The van der Waals surface area contributed by atoms with Gasteiger partial charge in [-0.3, -0.25) is 4.79 Å². The fraction of sp³-hybridized carbons (Fsp3) is 0.235. The minimum Gasteiger partial charge on any atom is -0.376 e. The van der Waals surface area contributed by atoms with Crippen molar-refractivity contribution in [3.8, 4) is 0 Å². The molecule has 0 spiro atoms. The normalized spacial score (nSPS) is 17.0. The van der Waals surface area contributed by atoms with Crippen molar-refractivity contribution in [2.45, 2.75) is 19.1 Å². The maximum Gasteiger partial charge on any atom is 0.221 e. The Balaban J connectivity index is 1.74. The van der Waals surface area contributed by atoms with Crippen LogP contribution in [0.5, 0.6) is 0 Å². The molecule has 0 aliphatic carbocycles. The zero-order valence-corrected chi connectivity index (χ0v) is 11.7. The van der Waals surface area contributed by atoms with Crippen LogP contribution in [0.25, 0.3) is 0 Å². The van der Waals surface area contributed by atoms with E-state index in [0.717, 1.165) is 11.3 Å². The predicted molar refractivity (Wildman–Crippen MR) is 81.8 cm³/mol. The van der Waals surface area contributed by atoms with Crippen LogP contribution in [0.3, 0.4) is 0 Å². The fourth-order valence-corrected chi connectivity index (χ4v) is 2.62. The maximum atomic E-state index is 10.9. The Kier molecular flexibility index (Phi) is 3.88. The molecule has 2 aromatic rings. The van der Waals surface area contributed by atoms with Crippen molar-refractivity contribution < 1.29 is 9.53 Å². The Bertz CT molecular complexity index is 637. The smallest absolute Gasteiger partial charge is 0.221 e.